The van der Waals surface area contributed by atoms with E-state index >= 15 is 0 Å². The lowest BCUT2D eigenvalue weighted by Crippen LogP contribution is -2.22. The predicted octanol–water partition coefficient (Wildman–Crippen LogP) is 1.86. The smallest absolute Gasteiger partial charge is 0.266 e. The van der Waals surface area contributed by atoms with Gasteiger partial charge in [-0.2, -0.15) is 5.10 Å². The highest BCUT2D eigenvalue weighted by Gasteiger charge is 2.13. The Bertz CT molecular complexity index is 807. The fourth-order valence-electron chi connectivity index (χ4n) is 2.07. The number of hydrogen-bond acceptors (Lipinski definition) is 3. The van der Waals surface area contributed by atoms with E-state index in [4.69, 9.17) is 11.6 Å². The Balaban J connectivity index is 2.43. The number of aromatic amines is 1. The molecule has 0 radical (unpaired) electrons. The number of aromatic nitrogens is 3. The van der Waals surface area contributed by atoms with Crippen LogP contribution in [0.4, 0.5) is 0 Å². The number of fused-ring (bicyclic) bond motifs is 1. The molecule has 0 aliphatic carbocycles. The first kappa shape index (κ1) is 12.0. The first-order valence-corrected chi connectivity index (χ1v) is 6.04. The molecule has 0 fully saturated rings. The van der Waals surface area contributed by atoms with Crippen LogP contribution in [0.2, 0.25) is 5.02 Å². The van der Waals surface area contributed by atoms with E-state index in [9.17, 15) is 9.90 Å². The Kier molecular flexibility index (Phi) is 2.85. The first-order valence-electron chi connectivity index (χ1n) is 5.66. The zero-order valence-electron chi connectivity index (χ0n) is 9.80. The summed E-state index contributed by atoms with van der Waals surface area (Å²) in [6, 6.07) is 8.69. The van der Waals surface area contributed by atoms with Crippen LogP contribution in [0.3, 0.4) is 0 Å². The third-order valence-corrected chi connectivity index (χ3v) is 3.28. The lowest BCUT2D eigenvalue weighted by molar-refractivity contribution is 0.273. The molecule has 1 aromatic carbocycles. The van der Waals surface area contributed by atoms with E-state index in [1.807, 2.05) is 0 Å². The van der Waals surface area contributed by atoms with Crippen LogP contribution in [0.1, 0.15) is 5.69 Å². The second-order valence-corrected chi connectivity index (χ2v) is 4.49. The molecule has 3 aromatic rings. The topological polar surface area (TPSA) is 70.9 Å². The van der Waals surface area contributed by atoms with E-state index in [1.54, 1.807) is 30.3 Å². The summed E-state index contributed by atoms with van der Waals surface area (Å²) in [6.07, 6.45) is 1.46. The van der Waals surface area contributed by atoms with Crippen LogP contribution in [0.25, 0.3) is 16.6 Å². The number of nitrogens with zero attached hydrogens (tertiary/aromatic N) is 2. The molecule has 2 heterocycles. The lowest BCUT2D eigenvalue weighted by atomic mass is 10.2. The van der Waals surface area contributed by atoms with Gasteiger partial charge in [-0.3, -0.25) is 14.5 Å². The number of pyridine rings is 1. The van der Waals surface area contributed by atoms with Crippen molar-refractivity contribution in [1.82, 2.24) is 14.8 Å². The van der Waals surface area contributed by atoms with Crippen molar-refractivity contribution in [2.24, 2.45) is 0 Å². The van der Waals surface area contributed by atoms with Gasteiger partial charge in [-0.1, -0.05) is 23.7 Å². The highest BCUT2D eigenvalue weighted by molar-refractivity contribution is 6.32. The molecule has 6 heteroatoms. The molecule has 0 atom stereocenters. The summed E-state index contributed by atoms with van der Waals surface area (Å²) in [6.45, 7) is -0.268. The van der Waals surface area contributed by atoms with Crippen molar-refractivity contribution in [2.45, 2.75) is 6.61 Å². The summed E-state index contributed by atoms with van der Waals surface area (Å²) in [5.41, 5.74) is 1.33. The fraction of sp³-hybridized carbons (Fsp3) is 0.0769. The summed E-state index contributed by atoms with van der Waals surface area (Å²) in [4.78, 5) is 12.5. The maximum Gasteiger partial charge on any atom is 0.266 e. The molecular formula is C13H10ClN3O2. The van der Waals surface area contributed by atoms with E-state index in [0.717, 1.165) is 0 Å². The average molecular weight is 276 g/mol. The van der Waals surface area contributed by atoms with Gasteiger partial charge in [0.25, 0.3) is 5.56 Å². The molecule has 0 unspecified atom stereocenters. The minimum absolute atomic E-state index is 0.261. The van der Waals surface area contributed by atoms with Gasteiger partial charge in [0.1, 0.15) is 0 Å². The van der Waals surface area contributed by atoms with Crippen molar-refractivity contribution < 1.29 is 5.11 Å². The molecule has 0 saturated carbocycles. The molecule has 2 N–H and O–H groups in total. The number of para-hydroxylation sites is 1. The van der Waals surface area contributed by atoms with Gasteiger partial charge in [-0.05, 0) is 18.2 Å². The SMILES string of the molecule is O=c1c2cn[nH]c2cc(CO)n1-c1ccccc1Cl. The van der Waals surface area contributed by atoms with Crippen molar-refractivity contribution in [3.63, 3.8) is 0 Å². The Morgan fingerprint density at radius 2 is 2.16 bits per heavy atom. The molecule has 0 amide bonds. The van der Waals surface area contributed by atoms with Gasteiger partial charge >= 0.3 is 0 Å². The van der Waals surface area contributed by atoms with Crippen LogP contribution in [0.5, 0.6) is 0 Å². The summed E-state index contributed by atoms with van der Waals surface area (Å²) in [7, 11) is 0. The van der Waals surface area contributed by atoms with Crippen LogP contribution in [-0.2, 0) is 6.61 Å². The van der Waals surface area contributed by atoms with Gasteiger partial charge in [0.05, 0.1) is 40.1 Å². The molecule has 0 bridgehead atoms. The predicted molar refractivity (Wildman–Crippen MR) is 72.6 cm³/mol. The van der Waals surface area contributed by atoms with Gasteiger partial charge in [-0.15, -0.1) is 0 Å². The molecule has 19 heavy (non-hydrogen) atoms. The molecule has 96 valence electrons. The monoisotopic (exact) mass is 275 g/mol. The van der Waals surface area contributed by atoms with E-state index in [-0.39, 0.29) is 12.2 Å². The Morgan fingerprint density at radius 3 is 2.89 bits per heavy atom. The summed E-state index contributed by atoms with van der Waals surface area (Å²) in [5.74, 6) is 0. The average Bonchev–Trinajstić information content (AvgIpc) is 2.88. The minimum atomic E-state index is -0.268. The minimum Gasteiger partial charge on any atom is -0.390 e. The molecule has 5 nitrogen and oxygen atoms in total. The molecule has 0 spiro atoms. The van der Waals surface area contributed by atoms with Crippen LogP contribution in [-0.4, -0.2) is 19.9 Å². The third kappa shape index (κ3) is 1.83. The molecule has 0 saturated heterocycles. The van der Waals surface area contributed by atoms with E-state index in [0.29, 0.717) is 27.3 Å². The number of halogens is 1. The maximum absolute atomic E-state index is 12.5. The highest BCUT2D eigenvalue weighted by Crippen LogP contribution is 2.21. The van der Waals surface area contributed by atoms with Crippen molar-refractivity contribution in [1.29, 1.82) is 0 Å². The Morgan fingerprint density at radius 1 is 1.37 bits per heavy atom. The quantitative estimate of drug-likeness (QED) is 0.750. The summed E-state index contributed by atoms with van der Waals surface area (Å²) in [5, 5.41) is 16.9. The van der Waals surface area contributed by atoms with Crippen molar-refractivity contribution in [2.75, 3.05) is 0 Å². The Labute approximate surface area is 113 Å². The summed E-state index contributed by atoms with van der Waals surface area (Å²) >= 11 is 6.12. The standard InChI is InChI=1S/C13H10ClN3O2/c14-10-3-1-2-4-12(10)17-8(7-18)5-11-9(13(17)19)6-15-16-11/h1-6,18H,7H2,(H,15,16). The van der Waals surface area contributed by atoms with Crippen LogP contribution >= 0.6 is 11.6 Å². The zero-order valence-corrected chi connectivity index (χ0v) is 10.6. The number of hydrogen-bond donors (Lipinski definition) is 2. The Hall–Kier alpha value is -2.11. The van der Waals surface area contributed by atoms with Crippen LogP contribution in [0, 0.1) is 0 Å². The zero-order chi connectivity index (χ0) is 13.4. The van der Waals surface area contributed by atoms with E-state index in [1.165, 1.54) is 10.8 Å². The molecule has 0 aliphatic heterocycles. The number of aliphatic hydroxyl groups excluding tert-OH is 1. The van der Waals surface area contributed by atoms with Crippen LogP contribution < -0.4 is 5.56 Å². The molecule has 0 aliphatic rings. The number of benzene rings is 1. The van der Waals surface area contributed by atoms with Crippen LogP contribution in [0.15, 0.2) is 41.3 Å². The number of aliphatic hydroxyl groups is 1. The normalized spacial score (nSPS) is 11.1. The van der Waals surface area contributed by atoms with Gasteiger partial charge in [-0.25, -0.2) is 0 Å². The van der Waals surface area contributed by atoms with Gasteiger partial charge in [0.15, 0.2) is 0 Å². The van der Waals surface area contributed by atoms with Crippen molar-refractivity contribution in [3.05, 3.63) is 57.6 Å². The second-order valence-electron chi connectivity index (χ2n) is 4.08. The maximum atomic E-state index is 12.5. The van der Waals surface area contributed by atoms with E-state index in [2.05, 4.69) is 10.2 Å². The van der Waals surface area contributed by atoms with Gasteiger partial charge in [0, 0.05) is 0 Å². The van der Waals surface area contributed by atoms with Crippen molar-refractivity contribution in [3.8, 4) is 5.69 Å². The number of nitrogens with one attached hydrogen (secondary N) is 1. The number of rotatable bonds is 2. The lowest BCUT2D eigenvalue weighted by Gasteiger charge is -2.12. The fourth-order valence-corrected chi connectivity index (χ4v) is 2.29. The van der Waals surface area contributed by atoms with Gasteiger partial charge in [0.2, 0.25) is 0 Å². The number of H-pyrrole nitrogens is 1. The molecule has 2 aromatic heterocycles. The highest BCUT2D eigenvalue weighted by atomic mass is 35.5. The van der Waals surface area contributed by atoms with E-state index < -0.39 is 0 Å². The summed E-state index contributed by atoms with van der Waals surface area (Å²) < 4.78 is 1.40. The van der Waals surface area contributed by atoms with Crippen molar-refractivity contribution >= 4 is 22.5 Å². The molecular weight excluding hydrogens is 266 g/mol. The second kappa shape index (κ2) is 4.53. The third-order valence-electron chi connectivity index (χ3n) is 2.96. The van der Waals surface area contributed by atoms with Gasteiger partial charge < -0.3 is 5.11 Å². The largest absolute Gasteiger partial charge is 0.390 e. The first-order chi connectivity index (χ1) is 9.22. The molecule has 3 rings (SSSR count).